The highest BCUT2D eigenvalue weighted by Crippen LogP contribution is 2.39. The van der Waals surface area contributed by atoms with Gasteiger partial charge in [-0.15, -0.1) is 0 Å². The predicted molar refractivity (Wildman–Crippen MR) is 236 cm³/mol. The first kappa shape index (κ1) is 46.5. The highest BCUT2D eigenvalue weighted by Gasteiger charge is 2.45. The lowest BCUT2D eigenvalue weighted by atomic mass is 10.0. The van der Waals surface area contributed by atoms with Gasteiger partial charge in [-0.3, -0.25) is 9.59 Å². The van der Waals surface area contributed by atoms with Crippen molar-refractivity contribution in [2.75, 3.05) is 28.6 Å². The van der Waals surface area contributed by atoms with E-state index in [1.807, 2.05) is 12.1 Å². The topological polar surface area (TPSA) is 152 Å². The molecule has 21 heteroatoms. The monoisotopic (exact) mass is 1100 g/mol. The molecule has 0 radical (unpaired) electrons. The number of carbonyl (C=O) groups is 2. The van der Waals surface area contributed by atoms with Crippen LogP contribution in [0.5, 0.6) is 0 Å². The van der Waals surface area contributed by atoms with Gasteiger partial charge in [-0.05, 0) is 143 Å². The molecule has 0 fully saturated rings. The minimum atomic E-state index is -4.77. The van der Waals surface area contributed by atoms with Crippen LogP contribution in [0.25, 0.3) is 22.3 Å². The summed E-state index contributed by atoms with van der Waals surface area (Å²) in [7, 11) is 0. The first-order chi connectivity index (χ1) is 28.9. The molecule has 7 aromatic rings. The number of anilines is 3. The number of hydrogen-bond acceptors (Lipinski definition) is 8. The number of aromatic nitrogens is 5. The van der Waals surface area contributed by atoms with Gasteiger partial charge in [0.2, 0.25) is 0 Å². The molecule has 5 heterocycles. The Morgan fingerprint density at radius 1 is 0.667 bits per heavy atom. The Kier molecular flexibility index (Phi) is 13.0. The predicted octanol–water partition coefficient (Wildman–Crippen LogP) is 10.4. The van der Waals surface area contributed by atoms with Gasteiger partial charge in [-0.1, -0.05) is 20.0 Å². The number of benzene rings is 4. The number of nitrogen functional groups attached to an aromatic ring is 1. The summed E-state index contributed by atoms with van der Waals surface area (Å²) in [6, 6.07) is 23.6. The summed E-state index contributed by atoms with van der Waals surface area (Å²) in [5.74, 6) is -1.92. The maximum absolute atomic E-state index is 13.7. The Labute approximate surface area is 381 Å². The molecule has 0 saturated heterocycles. The van der Waals surface area contributed by atoms with Gasteiger partial charge in [0, 0.05) is 42.7 Å². The lowest BCUT2D eigenvalue weighted by Crippen LogP contribution is -2.39. The van der Waals surface area contributed by atoms with Gasteiger partial charge in [-0.2, -0.15) is 41.8 Å². The summed E-state index contributed by atoms with van der Waals surface area (Å²) in [6.45, 7) is 0.187. The van der Waals surface area contributed by atoms with Crippen LogP contribution in [0.1, 0.15) is 63.9 Å². The SMILES string of the molecule is C.C.N#Cc1cc(-n2nc(C(F)(F)F)c3c2C(=O)N(c2ccc(I)cc2)CC3)ccc1F.Nc1noc2ccc(-n3nc(C(F)(F)F)c4c3C(=O)N(c3ccc(I)cc3)CC4)cc12. The van der Waals surface area contributed by atoms with E-state index in [0.717, 1.165) is 28.6 Å². The summed E-state index contributed by atoms with van der Waals surface area (Å²) in [6.07, 6.45) is -9.48. The minimum Gasteiger partial charge on any atom is -0.380 e. The minimum absolute atomic E-state index is 0. The van der Waals surface area contributed by atoms with Crippen molar-refractivity contribution in [2.45, 2.75) is 40.0 Å². The van der Waals surface area contributed by atoms with Crippen LogP contribution in [0.3, 0.4) is 0 Å². The van der Waals surface area contributed by atoms with Crippen LogP contribution in [0.2, 0.25) is 0 Å². The third-order valence-electron chi connectivity index (χ3n) is 9.89. The van der Waals surface area contributed by atoms with E-state index in [2.05, 4.69) is 60.5 Å². The molecule has 0 saturated carbocycles. The third-order valence-corrected chi connectivity index (χ3v) is 11.3. The lowest BCUT2D eigenvalue weighted by molar-refractivity contribution is -0.142. The summed E-state index contributed by atoms with van der Waals surface area (Å²) in [5.41, 5.74) is 4.31. The van der Waals surface area contributed by atoms with Crippen molar-refractivity contribution in [1.29, 1.82) is 5.26 Å². The summed E-state index contributed by atoms with van der Waals surface area (Å²) in [4.78, 5) is 29.4. The summed E-state index contributed by atoms with van der Waals surface area (Å²) in [5, 5.41) is 20.6. The Bertz CT molecular complexity index is 2920. The number of hydrogen-bond donors (Lipinski definition) is 1. The molecule has 2 amide bonds. The van der Waals surface area contributed by atoms with Gasteiger partial charge < -0.3 is 20.1 Å². The molecular formula is C42H32F7I2N9O3. The van der Waals surface area contributed by atoms with Crippen LogP contribution >= 0.6 is 45.2 Å². The zero-order valence-corrected chi connectivity index (χ0v) is 35.0. The van der Waals surface area contributed by atoms with Gasteiger partial charge in [0.05, 0.1) is 22.3 Å². The molecule has 326 valence electrons. The van der Waals surface area contributed by atoms with Gasteiger partial charge >= 0.3 is 12.4 Å². The molecule has 3 aromatic heterocycles. The molecule has 0 spiro atoms. The maximum Gasteiger partial charge on any atom is 0.435 e. The normalized spacial score (nSPS) is 13.7. The van der Waals surface area contributed by atoms with Crippen LogP contribution in [0, 0.1) is 24.3 Å². The highest BCUT2D eigenvalue weighted by molar-refractivity contribution is 14.1. The average Bonchev–Trinajstić information content (AvgIpc) is 3.94. The number of amides is 2. The second-order valence-corrected chi connectivity index (χ2v) is 16.1. The van der Waals surface area contributed by atoms with E-state index >= 15 is 0 Å². The summed E-state index contributed by atoms with van der Waals surface area (Å²) >= 11 is 4.25. The van der Waals surface area contributed by atoms with Crippen LogP contribution < -0.4 is 15.5 Å². The number of alkyl halides is 6. The molecule has 12 nitrogen and oxygen atoms in total. The summed E-state index contributed by atoms with van der Waals surface area (Å²) < 4.78 is 104. The number of carbonyl (C=O) groups excluding carboxylic acids is 2. The van der Waals surface area contributed by atoms with E-state index in [1.165, 1.54) is 34.1 Å². The van der Waals surface area contributed by atoms with Crippen molar-refractivity contribution < 1.29 is 44.8 Å². The fraction of sp³-hybridized carbons (Fsp3) is 0.190. The van der Waals surface area contributed by atoms with E-state index in [0.29, 0.717) is 22.3 Å². The number of rotatable bonds is 4. The molecule has 4 aromatic carbocycles. The molecular weight excluding hydrogens is 1070 g/mol. The highest BCUT2D eigenvalue weighted by atomic mass is 127. The Morgan fingerprint density at radius 2 is 1.10 bits per heavy atom. The van der Waals surface area contributed by atoms with Crippen LogP contribution in [0.15, 0.2) is 89.5 Å². The molecule has 2 aliphatic heterocycles. The maximum atomic E-state index is 13.7. The smallest absolute Gasteiger partial charge is 0.380 e. The van der Waals surface area contributed by atoms with Crippen molar-refractivity contribution in [3.05, 3.63) is 137 Å². The van der Waals surface area contributed by atoms with E-state index in [-0.39, 0.29) is 86.1 Å². The Balaban J connectivity index is 0.000000203. The fourth-order valence-corrected chi connectivity index (χ4v) is 7.81. The largest absolute Gasteiger partial charge is 0.435 e. The number of nitriles is 1. The first-order valence-corrected chi connectivity index (χ1v) is 20.0. The molecule has 0 aliphatic carbocycles. The molecule has 63 heavy (non-hydrogen) atoms. The van der Waals surface area contributed by atoms with Crippen molar-refractivity contribution in [1.82, 2.24) is 24.7 Å². The van der Waals surface area contributed by atoms with E-state index < -0.39 is 41.4 Å². The number of halogens is 9. The van der Waals surface area contributed by atoms with E-state index in [4.69, 9.17) is 15.5 Å². The van der Waals surface area contributed by atoms with Crippen molar-refractivity contribution in [2.24, 2.45) is 0 Å². The zero-order valence-electron chi connectivity index (χ0n) is 30.7. The lowest BCUT2D eigenvalue weighted by Gasteiger charge is -2.28. The van der Waals surface area contributed by atoms with Gasteiger partial charge in [0.1, 0.15) is 23.3 Å². The molecule has 0 atom stereocenters. The molecule has 0 unspecified atom stereocenters. The number of fused-ring (bicyclic) bond motifs is 3. The quantitative estimate of drug-likeness (QED) is 0.135. The molecule has 2 N–H and O–H groups in total. The molecule has 0 bridgehead atoms. The van der Waals surface area contributed by atoms with E-state index in [9.17, 15) is 40.3 Å². The van der Waals surface area contributed by atoms with Crippen LogP contribution in [-0.4, -0.2) is 49.6 Å². The third kappa shape index (κ3) is 8.69. The number of nitrogens with two attached hydrogens (primary N) is 1. The second-order valence-electron chi connectivity index (χ2n) is 13.6. The van der Waals surface area contributed by atoms with E-state index in [1.54, 1.807) is 42.5 Å². The van der Waals surface area contributed by atoms with Gasteiger partial charge in [0.25, 0.3) is 11.8 Å². The van der Waals surface area contributed by atoms with Crippen LogP contribution in [-0.2, 0) is 25.2 Å². The van der Waals surface area contributed by atoms with Crippen molar-refractivity contribution >= 4 is 85.2 Å². The fourth-order valence-electron chi connectivity index (χ4n) is 7.09. The Morgan fingerprint density at radius 3 is 1.54 bits per heavy atom. The van der Waals surface area contributed by atoms with Crippen molar-refractivity contribution in [3.8, 4) is 17.4 Å². The van der Waals surface area contributed by atoms with Gasteiger partial charge in [-0.25, -0.2) is 13.8 Å². The van der Waals surface area contributed by atoms with Crippen LogP contribution in [0.4, 0.5) is 47.9 Å². The zero-order chi connectivity index (χ0) is 43.5. The standard InChI is InChI=1S/C20H11F4IN4O.C20H13F3IN5O2.2CH4/c21-16-6-5-14(9-11(16)10-26)29-17-15(18(27-29)20(22,23)24)7-8-28(19(17)30)13-3-1-12(25)2-4-13;21-20(22,23)17-13-7-8-28(11-3-1-10(24)2-4-11)19(30)16(13)29(26-17)12-5-6-15-14(9-12)18(25)27-31-15;;/h1-6,9H,7-8H2;1-6,9H,7-8H2,(H2,25,27);2*1H4. The molecule has 2 aliphatic rings. The van der Waals surface area contributed by atoms with Crippen molar-refractivity contribution in [3.63, 3.8) is 0 Å². The second kappa shape index (κ2) is 17.6. The molecule has 9 rings (SSSR count). The van der Waals surface area contributed by atoms with Gasteiger partial charge in [0.15, 0.2) is 22.8 Å². The number of nitrogens with zero attached hydrogens (tertiary/aromatic N) is 8. The average molecular weight is 1100 g/mol. The first-order valence-electron chi connectivity index (χ1n) is 17.8. The Hall–Kier alpha value is -6.03.